The van der Waals surface area contributed by atoms with Crippen molar-refractivity contribution in [2.75, 3.05) is 0 Å². The van der Waals surface area contributed by atoms with Gasteiger partial charge in [-0.05, 0) is 71.7 Å². The number of rotatable bonds is 3. The summed E-state index contributed by atoms with van der Waals surface area (Å²) in [4.78, 5) is 0. The fourth-order valence-electron chi connectivity index (χ4n) is 4.15. The molecule has 0 saturated heterocycles. The van der Waals surface area contributed by atoms with Crippen LogP contribution in [0.25, 0.3) is 65.7 Å². The summed E-state index contributed by atoms with van der Waals surface area (Å²) in [5.41, 5.74) is -3.73. The molecule has 0 aliphatic carbocycles. The number of benzene rings is 7. The lowest BCUT2D eigenvalue weighted by atomic mass is 9.84. The van der Waals surface area contributed by atoms with E-state index in [1.54, 1.807) is 0 Å². The van der Waals surface area contributed by atoms with Crippen LogP contribution in [-0.2, 0) is 0 Å². The summed E-state index contributed by atoms with van der Waals surface area (Å²) in [6.45, 7) is 0. The molecule has 0 saturated carbocycles. The topological polar surface area (TPSA) is 0 Å². The molecule has 36 heavy (non-hydrogen) atoms. The fraction of sp³-hybridized carbons (Fsp3) is 0. The molecule has 168 valence electrons. The SMILES string of the molecule is [2H]c1cc(-c2c([2H])c([2H])c([2H])c([2H])c2[2H])c([2H])c(-c2c3c([2H])c([2H])c([2H])c([2H])c3c(-c3c([2H])c([2H])c([2H])c4c([2H])c([2H])c([2H])c([2H])c34)c3c([2H])c([2H])c([2H])c([2H])c23)c1[2H]. The molecule has 0 unspecified atom stereocenters. The van der Waals surface area contributed by atoms with Crippen molar-refractivity contribution in [3.63, 3.8) is 0 Å². The van der Waals surface area contributed by atoms with Crippen molar-refractivity contribution >= 4 is 32.3 Å². The van der Waals surface area contributed by atoms with Gasteiger partial charge in [0.15, 0.2) is 0 Å². The van der Waals surface area contributed by atoms with E-state index in [0.717, 1.165) is 6.07 Å². The van der Waals surface area contributed by atoms with Gasteiger partial charge >= 0.3 is 0 Å². The van der Waals surface area contributed by atoms with E-state index < -0.39 is 205 Å². The second-order valence-electron chi connectivity index (χ2n) is 7.58. The van der Waals surface area contributed by atoms with Crippen molar-refractivity contribution in [2.45, 2.75) is 0 Å². The van der Waals surface area contributed by atoms with E-state index in [0.29, 0.717) is 0 Å². The fourth-order valence-corrected chi connectivity index (χ4v) is 4.15. The van der Waals surface area contributed by atoms with Crippen LogP contribution in [0.3, 0.4) is 0 Å². The summed E-state index contributed by atoms with van der Waals surface area (Å²) in [6.07, 6.45) is 0. The quantitative estimate of drug-likeness (QED) is 0.221. The van der Waals surface area contributed by atoms with Crippen LogP contribution >= 0.6 is 0 Å². The predicted octanol–water partition coefficient (Wildman–Crippen LogP) is 10.1. The maximum Gasteiger partial charge on any atom is 0.0636 e. The molecular weight excluding hydrogens is 432 g/mol. The van der Waals surface area contributed by atoms with Crippen molar-refractivity contribution in [1.82, 2.24) is 0 Å². The molecule has 0 atom stereocenters. The van der Waals surface area contributed by atoms with E-state index in [1.165, 1.54) is 0 Å². The van der Waals surface area contributed by atoms with Crippen molar-refractivity contribution in [3.05, 3.63) is 145 Å². The van der Waals surface area contributed by atoms with E-state index in [4.69, 9.17) is 24.7 Å². The van der Waals surface area contributed by atoms with E-state index in [1.807, 2.05) is 0 Å². The van der Waals surface area contributed by atoms with Gasteiger partial charge in [-0.1, -0.05) is 139 Å². The predicted molar refractivity (Wildman–Crippen MR) is 155 cm³/mol. The minimum Gasteiger partial charge on any atom is -0.0622 e. The highest BCUT2D eigenvalue weighted by atomic mass is 14.2. The van der Waals surface area contributed by atoms with Crippen LogP contribution in [0, 0.1) is 0 Å². The van der Waals surface area contributed by atoms with Gasteiger partial charge in [0.1, 0.15) is 0 Å². The zero-order chi connectivity index (χ0) is 43.9. The highest BCUT2D eigenvalue weighted by Crippen LogP contribution is 2.45. The minimum atomic E-state index is -0.929. The first kappa shape index (κ1) is 7.91. The first-order valence-electron chi connectivity index (χ1n) is 22.1. The second-order valence-corrected chi connectivity index (χ2v) is 7.58. The molecule has 7 aromatic carbocycles. The van der Waals surface area contributed by atoms with E-state index >= 15 is 0 Å². The van der Waals surface area contributed by atoms with Gasteiger partial charge in [-0.15, -0.1) is 0 Å². The van der Waals surface area contributed by atoms with E-state index in [9.17, 15) is 6.85 Å². The van der Waals surface area contributed by atoms with Crippen LogP contribution in [0.1, 0.15) is 31.5 Å². The molecule has 0 heterocycles. The Bertz CT molecular complexity index is 3010. The van der Waals surface area contributed by atoms with Crippen LogP contribution in [0.5, 0.6) is 0 Å². The highest BCUT2D eigenvalue weighted by molar-refractivity contribution is 6.23. The van der Waals surface area contributed by atoms with Crippen molar-refractivity contribution in [3.8, 4) is 33.4 Å². The van der Waals surface area contributed by atoms with Crippen LogP contribution in [0.4, 0.5) is 0 Å². The summed E-state index contributed by atoms with van der Waals surface area (Å²) in [5.74, 6) is 0. The van der Waals surface area contributed by atoms with Gasteiger partial charge in [0, 0.05) is 0 Å². The van der Waals surface area contributed by atoms with Crippen LogP contribution in [-0.4, -0.2) is 0 Å². The lowest BCUT2D eigenvalue weighted by molar-refractivity contribution is 1.61. The molecule has 0 radical (unpaired) electrons. The molecule has 0 aliphatic rings. The Morgan fingerprint density at radius 3 is 1.58 bits per heavy atom. The summed E-state index contributed by atoms with van der Waals surface area (Å²) in [6, 6.07) is -18.9. The highest BCUT2D eigenvalue weighted by Gasteiger charge is 2.17. The lowest BCUT2D eigenvalue weighted by Gasteiger charge is -2.19. The summed E-state index contributed by atoms with van der Waals surface area (Å²) in [7, 11) is 0. The Hall–Kier alpha value is -4.68. The normalized spacial score (nSPS) is 20.3. The zero-order valence-electron chi connectivity index (χ0n) is 41.1. The zero-order valence-corrected chi connectivity index (χ0v) is 18.1. The third kappa shape index (κ3) is 3.31. The molecule has 0 N–H and O–H groups in total. The van der Waals surface area contributed by atoms with E-state index in [2.05, 4.69) is 0 Å². The summed E-state index contributed by atoms with van der Waals surface area (Å²) >= 11 is 0. The Morgan fingerprint density at radius 2 is 0.889 bits per heavy atom. The average Bonchev–Trinajstić information content (AvgIpc) is 3.20. The first-order valence-corrected chi connectivity index (χ1v) is 10.6. The minimum absolute atomic E-state index is 0.509. The Kier molecular flexibility index (Phi) is 1.87. The van der Waals surface area contributed by atoms with Gasteiger partial charge in [-0.3, -0.25) is 0 Å². The molecule has 0 heteroatoms. The first-order chi connectivity index (χ1) is 27.4. The van der Waals surface area contributed by atoms with Gasteiger partial charge in [0.05, 0.1) is 31.5 Å². The van der Waals surface area contributed by atoms with E-state index in [-0.39, 0.29) is 0 Å². The smallest absolute Gasteiger partial charge is 0.0622 e. The Labute approximate surface area is 243 Å². The average molecular weight is 480 g/mol. The summed E-state index contributed by atoms with van der Waals surface area (Å²) in [5, 5.41) is -3.78. The van der Waals surface area contributed by atoms with Crippen molar-refractivity contribution in [1.29, 1.82) is 0 Å². The second kappa shape index (κ2) is 8.52. The molecule has 0 aliphatic heterocycles. The molecule has 0 spiro atoms. The standard InChI is InChI=1S/C36H24/c1-2-12-25(13-3-1)27-16-10-17-28(24-27)35-31-19-6-8-21-33(31)36(34-22-9-7-20-32(34)35)30-23-11-15-26-14-4-5-18-29(26)30/h1-24H/i1D,2D,3D,4D,5D,6D,7D,8D,9D,10D,11D,12D,13D,14D,15D,17D,18D,19D,20D,21D,22D,23D,24D. The third-order valence-corrected chi connectivity index (χ3v) is 5.63. The van der Waals surface area contributed by atoms with Crippen molar-refractivity contribution in [2.24, 2.45) is 0 Å². The monoisotopic (exact) mass is 479 g/mol. The van der Waals surface area contributed by atoms with Gasteiger partial charge < -0.3 is 0 Å². The van der Waals surface area contributed by atoms with Crippen LogP contribution in [0.15, 0.2) is 145 Å². The van der Waals surface area contributed by atoms with Crippen molar-refractivity contribution < 1.29 is 31.5 Å². The maximum absolute atomic E-state index is 9.46. The Morgan fingerprint density at radius 1 is 0.361 bits per heavy atom. The van der Waals surface area contributed by atoms with Gasteiger partial charge in [-0.2, -0.15) is 0 Å². The molecule has 0 nitrogen and oxygen atoms in total. The number of fused-ring (bicyclic) bond motifs is 3. The molecule has 0 bridgehead atoms. The third-order valence-electron chi connectivity index (χ3n) is 5.63. The Balaban J connectivity index is 1.91. The van der Waals surface area contributed by atoms with Gasteiger partial charge in [0.25, 0.3) is 0 Å². The maximum atomic E-state index is 9.46. The number of hydrogen-bond acceptors (Lipinski definition) is 0. The molecule has 7 rings (SSSR count). The van der Waals surface area contributed by atoms with Gasteiger partial charge in [0.2, 0.25) is 0 Å². The number of hydrogen-bond donors (Lipinski definition) is 0. The largest absolute Gasteiger partial charge is 0.0636 e. The molecule has 0 aromatic heterocycles. The van der Waals surface area contributed by atoms with Crippen LogP contribution < -0.4 is 0 Å². The molecule has 0 fully saturated rings. The molecular formula is C36H24. The van der Waals surface area contributed by atoms with Gasteiger partial charge in [-0.25, -0.2) is 0 Å². The lowest BCUT2D eigenvalue weighted by Crippen LogP contribution is -1.91. The van der Waals surface area contributed by atoms with Crippen LogP contribution in [0.2, 0.25) is 0 Å². The molecule has 0 amide bonds. The molecule has 7 aromatic rings. The summed E-state index contributed by atoms with van der Waals surface area (Å²) < 4.78 is 202.